The van der Waals surface area contributed by atoms with E-state index in [0.29, 0.717) is 6.32 Å². The molecule has 0 aliphatic carbocycles. The molecule has 3 heteroatoms. The van der Waals surface area contributed by atoms with Gasteiger partial charge in [0.15, 0.2) is 0 Å². The zero-order chi connectivity index (χ0) is 6.85. The van der Waals surface area contributed by atoms with Gasteiger partial charge >= 0.3 is 0 Å². The number of rotatable bonds is 1. The SMILES string of the molecule is [B]Cc1noc(C)c1C. The molecule has 9 heavy (non-hydrogen) atoms. The minimum Gasteiger partial charge on any atom is -0.361 e. The summed E-state index contributed by atoms with van der Waals surface area (Å²) in [6, 6.07) is 0. The first kappa shape index (κ1) is 6.40. The van der Waals surface area contributed by atoms with E-state index in [1.165, 1.54) is 0 Å². The van der Waals surface area contributed by atoms with Gasteiger partial charge in [-0.3, -0.25) is 0 Å². The van der Waals surface area contributed by atoms with E-state index < -0.39 is 0 Å². The van der Waals surface area contributed by atoms with Crippen molar-refractivity contribution in [1.29, 1.82) is 0 Å². The van der Waals surface area contributed by atoms with E-state index in [0.717, 1.165) is 17.0 Å². The molecule has 0 atom stereocenters. The molecule has 0 saturated carbocycles. The summed E-state index contributed by atoms with van der Waals surface area (Å²) in [7, 11) is 5.34. The van der Waals surface area contributed by atoms with Gasteiger partial charge in [0, 0.05) is 5.56 Å². The highest BCUT2D eigenvalue weighted by Crippen LogP contribution is 2.09. The molecule has 1 heterocycles. The van der Waals surface area contributed by atoms with Crippen LogP contribution in [0.4, 0.5) is 0 Å². The van der Waals surface area contributed by atoms with Crippen LogP contribution in [-0.4, -0.2) is 13.0 Å². The molecule has 2 nitrogen and oxygen atoms in total. The summed E-state index contributed by atoms with van der Waals surface area (Å²) >= 11 is 0. The van der Waals surface area contributed by atoms with Crippen LogP contribution in [0.1, 0.15) is 17.0 Å². The molecule has 0 bridgehead atoms. The van der Waals surface area contributed by atoms with E-state index in [1.54, 1.807) is 0 Å². The van der Waals surface area contributed by atoms with Gasteiger partial charge in [-0.15, -0.1) is 0 Å². The lowest BCUT2D eigenvalue weighted by Gasteiger charge is -1.85. The quantitative estimate of drug-likeness (QED) is 0.517. The molecule has 0 fully saturated rings. The monoisotopic (exact) mass is 121 g/mol. The molecular weight excluding hydrogens is 113 g/mol. The van der Waals surface area contributed by atoms with Crippen molar-refractivity contribution < 1.29 is 4.52 Å². The number of aryl methyl sites for hydroxylation is 1. The highest BCUT2D eigenvalue weighted by atomic mass is 16.5. The van der Waals surface area contributed by atoms with Gasteiger partial charge in [-0.1, -0.05) is 5.16 Å². The first-order chi connectivity index (χ1) is 4.25. The fraction of sp³-hybridized carbons (Fsp3) is 0.500. The first-order valence-electron chi connectivity index (χ1n) is 2.87. The molecule has 1 aromatic heterocycles. The van der Waals surface area contributed by atoms with Gasteiger partial charge in [0.2, 0.25) is 0 Å². The Hall–Kier alpha value is -0.725. The number of hydrogen-bond donors (Lipinski definition) is 0. The third kappa shape index (κ3) is 0.993. The van der Waals surface area contributed by atoms with Crippen molar-refractivity contribution >= 4 is 7.85 Å². The molecule has 0 spiro atoms. The van der Waals surface area contributed by atoms with Crippen molar-refractivity contribution in [3.05, 3.63) is 17.0 Å². The Labute approximate surface area is 55.6 Å². The fourth-order valence-electron chi connectivity index (χ4n) is 0.654. The van der Waals surface area contributed by atoms with Crippen LogP contribution in [0.25, 0.3) is 0 Å². The van der Waals surface area contributed by atoms with Crippen LogP contribution in [0.2, 0.25) is 0 Å². The summed E-state index contributed by atoms with van der Waals surface area (Å²) in [5, 5.41) is 3.73. The second-order valence-corrected chi connectivity index (χ2v) is 2.01. The Morgan fingerprint density at radius 3 is 2.44 bits per heavy atom. The summed E-state index contributed by atoms with van der Waals surface area (Å²) in [6.07, 6.45) is 0.461. The van der Waals surface area contributed by atoms with Crippen LogP contribution >= 0.6 is 0 Å². The predicted molar refractivity (Wildman–Crippen MR) is 35.4 cm³/mol. The second kappa shape index (κ2) is 2.25. The zero-order valence-electron chi connectivity index (χ0n) is 5.64. The van der Waals surface area contributed by atoms with Gasteiger partial charge in [-0.2, -0.15) is 0 Å². The van der Waals surface area contributed by atoms with Gasteiger partial charge in [-0.25, -0.2) is 0 Å². The number of nitrogens with zero attached hydrogens (tertiary/aromatic N) is 1. The fourth-order valence-corrected chi connectivity index (χ4v) is 0.654. The van der Waals surface area contributed by atoms with Crippen molar-refractivity contribution in [3.8, 4) is 0 Å². The van der Waals surface area contributed by atoms with Crippen LogP contribution in [0.3, 0.4) is 0 Å². The molecule has 0 aliphatic rings. The Morgan fingerprint density at radius 2 is 2.22 bits per heavy atom. The normalized spacial score (nSPS) is 10.0. The first-order valence-corrected chi connectivity index (χ1v) is 2.87. The maximum atomic E-state index is 5.34. The summed E-state index contributed by atoms with van der Waals surface area (Å²) in [4.78, 5) is 0. The Morgan fingerprint density at radius 1 is 1.56 bits per heavy atom. The van der Waals surface area contributed by atoms with Crippen molar-refractivity contribution in [3.63, 3.8) is 0 Å². The molecule has 2 radical (unpaired) electrons. The molecule has 0 N–H and O–H groups in total. The summed E-state index contributed by atoms with van der Waals surface area (Å²) in [6.45, 7) is 3.83. The Kier molecular flexibility index (Phi) is 1.60. The maximum Gasteiger partial charge on any atom is 0.136 e. The highest BCUT2D eigenvalue weighted by molar-refractivity contribution is 6.08. The van der Waals surface area contributed by atoms with Crippen molar-refractivity contribution in [2.24, 2.45) is 0 Å². The topological polar surface area (TPSA) is 26.0 Å². The molecule has 0 aliphatic heterocycles. The van der Waals surface area contributed by atoms with Gasteiger partial charge in [0.1, 0.15) is 5.76 Å². The summed E-state index contributed by atoms with van der Waals surface area (Å²) in [5.74, 6) is 0.857. The molecule has 1 aromatic rings. The third-order valence-electron chi connectivity index (χ3n) is 1.45. The van der Waals surface area contributed by atoms with Crippen LogP contribution in [0, 0.1) is 13.8 Å². The third-order valence-corrected chi connectivity index (χ3v) is 1.45. The molecule has 0 aromatic carbocycles. The van der Waals surface area contributed by atoms with Crippen molar-refractivity contribution in [1.82, 2.24) is 5.16 Å². The van der Waals surface area contributed by atoms with E-state index in [4.69, 9.17) is 12.4 Å². The average Bonchev–Trinajstić information content (AvgIpc) is 2.15. The van der Waals surface area contributed by atoms with Crippen LogP contribution in [-0.2, 0) is 6.32 Å². The van der Waals surface area contributed by atoms with E-state index >= 15 is 0 Å². The highest BCUT2D eigenvalue weighted by Gasteiger charge is 2.03. The minimum atomic E-state index is 0.461. The molecule has 46 valence electrons. The van der Waals surface area contributed by atoms with E-state index in [-0.39, 0.29) is 0 Å². The largest absolute Gasteiger partial charge is 0.361 e. The smallest absolute Gasteiger partial charge is 0.136 e. The summed E-state index contributed by atoms with van der Waals surface area (Å²) < 4.78 is 4.86. The number of aromatic nitrogens is 1. The molecule has 0 saturated heterocycles. The van der Waals surface area contributed by atoms with Crippen LogP contribution in [0.5, 0.6) is 0 Å². The van der Waals surface area contributed by atoms with E-state index in [2.05, 4.69) is 5.16 Å². The van der Waals surface area contributed by atoms with Gasteiger partial charge in [-0.05, 0) is 20.2 Å². The van der Waals surface area contributed by atoms with Crippen molar-refractivity contribution in [2.75, 3.05) is 0 Å². The van der Waals surface area contributed by atoms with Crippen molar-refractivity contribution in [2.45, 2.75) is 20.2 Å². The number of hydrogen-bond acceptors (Lipinski definition) is 2. The van der Waals surface area contributed by atoms with Gasteiger partial charge < -0.3 is 4.52 Å². The predicted octanol–water partition coefficient (Wildman–Crippen LogP) is 0.960. The van der Waals surface area contributed by atoms with E-state index in [1.807, 2.05) is 13.8 Å². The zero-order valence-corrected chi connectivity index (χ0v) is 5.64. The maximum absolute atomic E-state index is 5.34. The standard InChI is InChI=1S/C6H8BNO/c1-4-5(2)9-8-6(4)3-7/h3H2,1-2H3. The van der Waals surface area contributed by atoms with Gasteiger partial charge in [0.25, 0.3) is 0 Å². The lowest BCUT2D eigenvalue weighted by molar-refractivity contribution is 0.392. The Bertz CT molecular complexity index is 207. The Balaban J connectivity index is 3.04. The molecule has 1 rings (SSSR count). The van der Waals surface area contributed by atoms with E-state index in [9.17, 15) is 0 Å². The van der Waals surface area contributed by atoms with Crippen LogP contribution < -0.4 is 0 Å². The molecule has 0 unspecified atom stereocenters. The molecular formula is C6H8BNO. The lowest BCUT2D eigenvalue weighted by Crippen LogP contribution is -1.85. The summed E-state index contributed by atoms with van der Waals surface area (Å²) in [5.41, 5.74) is 1.92. The lowest BCUT2D eigenvalue weighted by atomic mass is 9.99. The minimum absolute atomic E-state index is 0.461. The van der Waals surface area contributed by atoms with Gasteiger partial charge in [0.05, 0.1) is 13.5 Å². The average molecular weight is 121 g/mol. The second-order valence-electron chi connectivity index (χ2n) is 2.01. The van der Waals surface area contributed by atoms with Crippen LogP contribution in [0.15, 0.2) is 4.52 Å². The molecule has 0 amide bonds.